The van der Waals surface area contributed by atoms with Crippen LogP contribution in [-0.4, -0.2) is 43.6 Å². The number of nitrogens with two attached hydrogens (primary N) is 1. The van der Waals surface area contributed by atoms with Gasteiger partial charge in [-0.2, -0.15) is 0 Å². The monoisotopic (exact) mass is 334 g/mol. The lowest BCUT2D eigenvalue weighted by Crippen LogP contribution is -2.42. The number of carbonyl (C=O) groups is 1. The van der Waals surface area contributed by atoms with E-state index in [9.17, 15) is 9.59 Å². The first-order valence-electron chi connectivity index (χ1n) is 7.95. The van der Waals surface area contributed by atoms with E-state index >= 15 is 0 Å². The number of hydrogen-bond donors (Lipinski definition) is 2. The molecular formula is C15H22N6O3. The summed E-state index contributed by atoms with van der Waals surface area (Å²) in [5, 5.41) is 1.62. The Bertz CT molecular complexity index is 819. The van der Waals surface area contributed by atoms with Crippen LogP contribution in [0.1, 0.15) is 39.7 Å². The van der Waals surface area contributed by atoms with Crippen LogP contribution in [0, 0.1) is 5.41 Å². The van der Waals surface area contributed by atoms with Crippen molar-refractivity contribution in [3.63, 3.8) is 0 Å². The molecule has 1 saturated heterocycles. The summed E-state index contributed by atoms with van der Waals surface area (Å²) in [6, 6.07) is -0.151. The number of piperidine rings is 1. The zero-order valence-corrected chi connectivity index (χ0v) is 14.1. The van der Waals surface area contributed by atoms with Crippen molar-refractivity contribution in [3.8, 4) is 0 Å². The topological polar surface area (TPSA) is 119 Å². The van der Waals surface area contributed by atoms with Gasteiger partial charge in [-0.15, -0.1) is 5.06 Å². The second-order valence-corrected chi connectivity index (χ2v) is 7.07. The summed E-state index contributed by atoms with van der Waals surface area (Å²) < 4.78 is 1.57. The summed E-state index contributed by atoms with van der Waals surface area (Å²) in [6.45, 7) is 6.49. The molecule has 1 aliphatic heterocycles. The van der Waals surface area contributed by atoms with E-state index in [1.807, 2.05) is 0 Å². The number of fused-ring (bicyclic) bond motifs is 1. The minimum absolute atomic E-state index is 0.151. The molecule has 2 aromatic rings. The van der Waals surface area contributed by atoms with Crippen LogP contribution in [0.3, 0.4) is 0 Å². The largest absolute Gasteiger partial charge is 0.382 e. The Kier molecular flexibility index (Phi) is 4.04. The highest BCUT2D eigenvalue weighted by atomic mass is 16.7. The Morgan fingerprint density at radius 3 is 2.88 bits per heavy atom. The number of rotatable bonds is 2. The first-order valence-corrected chi connectivity index (χ1v) is 7.95. The van der Waals surface area contributed by atoms with Crippen LogP contribution in [0.15, 0.2) is 11.1 Å². The van der Waals surface area contributed by atoms with Crippen LogP contribution in [-0.2, 0) is 9.63 Å². The molecule has 3 N–H and O–H groups in total. The van der Waals surface area contributed by atoms with Crippen molar-refractivity contribution in [2.75, 3.05) is 18.8 Å². The molecule has 9 heteroatoms. The highest BCUT2D eigenvalue weighted by Gasteiger charge is 2.31. The number of H-pyrrole nitrogens is 1. The number of aromatic amines is 1. The molecule has 9 nitrogen and oxygen atoms in total. The summed E-state index contributed by atoms with van der Waals surface area (Å²) in [7, 11) is 0. The lowest BCUT2D eigenvalue weighted by molar-refractivity contribution is -0.206. The lowest BCUT2D eigenvalue weighted by Gasteiger charge is -2.33. The van der Waals surface area contributed by atoms with Gasteiger partial charge in [-0.05, 0) is 33.6 Å². The van der Waals surface area contributed by atoms with Gasteiger partial charge in [-0.3, -0.25) is 4.57 Å². The summed E-state index contributed by atoms with van der Waals surface area (Å²) in [5.74, 6) is -0.0522. The summed E-state index contributed by atoms with van der Waals surface area (Å²) in [6.07, 6.45) is 2.93. The van der Waals surface area contributed by atoms with E-state index in [-0.39, 0.29) is 23.5 Å². The summed E-state index contributed by atoms with van der Waals surface area (Å²) >= 11 is 0. The van der Waals surface area contributed by atoms with Gasteiger partial charge in [0.25, 0.3) is 0 Å². The lowest BCUT2D eigenvalue weighted by atomic mass is 9.98. The maximum atomic E-state index is 12.3. The van der Waals surface area contributed by atoms with Crippen molar-refractivity contribution >= 4 is 23.0 Å². The van der Waals surface area contributed by atoms with Gasteiger partial charge in [-0.25, -0.2) is 19.6 Å². The minimum Gasteiger partial charge on any atom is -0.382 e. The van der Waals surface area contributed by atoms with Crippen LogP contribution in [0.4, 0.5) is 5.82 Å². The molecule has 3 rings (SSSR count). The van der Waals surface area contributed by atoms with Gasteiger partial charge >= 0.3 is 11.7 Å². The van der Waals surface area contributed by atoms with Crippen LogP contribution in [0.5, 0.6) is 0 Å². The highest BCUT2D eigenvalue weighted by Crippen LogP contribution is 2.25. The van der Waals surface area contributed by atoms with E-state index < -0.39 is 5.41 Å². The molecule has 0 aliphatic carbocycles. The SMILES string of the molecule is CC(C)(C)C(=O)ON1CCCC(n2c(=O)[nH]c3c(N)ncnc32)C1. The number of anilines is 1. The molecule has 2 aromatic heterocycles. The number of hydrogen-bond acceptors (Lipinski definition) is 7. The standard InChI is InChI=1S/C15H22N6O3/c1-15(2,3)13(22)24-20-6-4-5-9(7-20)21-12-10(19-14(21)23)11(16)17-8-18-12/h8-9H,4-7H2,1-3H3,(H,19,23)(H2,16,17,18). The Labute approximate surface area is 138 Å². The maximum absolute atomic E-state index is 12.3. The van der Waals surface area contributed by atoms with E-state index in [0.717, 1.165) is 12.8 Å². The fraction of sp³-hybridized carbons (Fsp3) is 0.600. The van der Waals surface area contributed by atoms with Crippen LogP contribution < -0.4 is 11.4 Å². The third-order valence-corrected chi connectivity index (χ3v) is 4.08. The van der Waals surface area contributed by atoms with E-state index in [2.05, 4.69) is 15.0 Å². The van der Waals surface area contributed by atoms with E-state index in [4.69, 9.17) is 10.6 Å². The van der Waals surface area contributed by atoms with Crippen molar-refractivity contribution in [2.45, 2.75) is 39.7 Å². The first-order chi connectivity index (χ1) is 11.3. The molecule has 3 heterocycles. The molecule has 0 amide bonds. The van der Waals surface area contributed by atoms with Gasteiger partial charge in [0.1, 0.15) is 11.8 Å². The second kappa shape index (κ2) is 5.90. The molecule has 0 saturated carbocycles. The molecule has 24 heavy (non-hydrogen) atoms. The number of hydroxylamine groups is 2. The van der Waals surface area contributed by atoms with Crippen molar-refractivity contribution in [1.29, 1.82) is 0 Å². The van der Waals surface area contributed by atoms with Crippen molar-refractivity contribution in [2.24, 2.45) is 5.41 Å². The molecule has 1 aliphatic rings. The average molecular weight is 334 g/mol. The van der Waals surface area contributed by atoms with Crippen molar-refractivity contribution in [1.82, 2.24) is 24.6 Å². The van der Waals surface area contributed by atoms with Crippen molar-refractivity contribution < 1.29 is 9.63 Å². The highest BCUT2D eigenvalue weighted by molar-refractivity contribution is 5.81. The van der Waals surface area contributed by atoms with Gasteiger partial charge < -0.3 is 15.6 Å². The number of imidazole rings is 1. The maximum Gasteiger partial charge on any atom is 0.330 e. The molecule has 1 fully saturated rings. The number of nitrogens with zero attached hydrogens (tertiary/aromatic N) is 4. The number of carbonyl (C=O) groups excluding carboxylic acids is 1. The van der Waals surface area contributed by atoms with Crippen LogP contribution in [0.25, 0.3) is 11.2 Å². The Balaban J connectivity index is 1.86. The fourth-order valence-corrected chi connectivity index (χ4v) is 2.76. The molecule has 1 unspecified atom stereocenters. The Hall–Kier alpha value is -2.42. The predicted molar refractivity (Wildman–Crippen MR) is 88.0 cm³/mol. The smallest absolute Gasteiger partial charge is 0.330 e. The minimum atomic E-state index is -0.577. The molecule has 0 aromatic carbocycles. The van der Waals surface area contributed by atoms with E-state index in [1.165, 1.54) is 6.33 Å². The predicted octanol–water partition coefficient (Wildman–Crippen LogP) is 0.843. The molecule has 0 bridgehead atoms. The van der Waals surface area contributed by atoms with Crippen LogP contribution >= 0.6 is 0 Å². The van der Waals surface area contributed by atoms with Gasteiger partial charge in [0, 0.05) is 6.54 Å². The summed E-state index contributed by atoms with van der Waals surface area (Å²) in [5.41, 5.74) is 5.84. The quantitative estimate of drug-likeness (QED) is 0.835. The molecule has 0 radical (unpaired) electrons. The second-order valence-electron chi connectivity index (χ2n) is 7.07. The molecule has 130 valence electrons. The molecular weight excluding hydrogens is 312 g/mol. The number of nitrogen functional groups attached to an aromatic ring is 1. The first kappa shape index (κ1) is 16.4. The third kappa shape index (κ3) is 2.99. The Morgan fingerprint density at radius 2 is 2.17 bits per heavy atom. The van der Waals surface area contributed by atoms with Gasteiger partial charge in [0.2, 0.25) is 0 Å². The van der Waals surface area contributed by atoms with Gasteiger partial charge in [0.05, 0.1) is 18.0 Å². The van der Waals surface area contributed by atoms with Crippen LogP contribution in [0.2, 0.25) is 0 Å². The zero-order chi connectivity index (χ0) is 17.5. The Morgan fingerprint density at radius 1 is 1.42 bits per heavy atom. The van der Waals surface area contributed by atoms with Gasteiger partial charge in [0.15, 0.2) is 11.5 Å². The number of nitrogens with one attached hydrogen (secondary N) is 1. The molecule has 1 atom stereocenters. The zero-order valence-electron chi connectivity index (χ0n) is 14.1. The number of aromatic nitrogens is 4. The van der Waals surface area contributed by atoms with Gasteiger partial charge in [-0.1, -0.05) is 0 Å². The van der Waals surface area contributed by atoms with E-state index in [0.29, 0.717) is 24.3 Å². The fourth-order valence-electron chi connectivity index (χ4n) is 2.76. The van der Waals surface area contributed by atoms with E-state index in [1.54, 1.807) is 30.4 Å². The summed E-state index contributed by atoms with van der Waals surface area (Å²) in [4.78, 5) is 40.7. The average Bonchev–Trinajstić information content (AvgIpc) is 2.84. The normalized spacial score (nSPS) is 19.5. The molecule has 0 spiro atoms. The van der Waals surface area contributed by atoms with Crippen molar-refractivity contribution in [3.05, 3.63) is 16.8 Å². The third-order valence-electron chi connectivity index (χ3n) is 4.08.